The maximum Gasteiger partial charge on any atom is 0.312 e. The van der Waals surface area contributed by atoms with Crippen LogP contribution >= 0.6 is 11.6 Å². The summed E-state index contributed by atoms with van der Waals surface area (Å²) in [4.78, 5) is 14.2. The highest BCUT2D eigenvalue weighted by Crippen LogP contribution is 2.26. The van der Waals surface area contributed by atoms with Crippen LogP contribution in [0, 0.1) is 16.0 Å². The molecule has 0 spiro atoms. The fourth-order valence-electron chi connectivity index (χ4n) is 1.06. The van der Waals surface area contributed by atoms with E-state index in [1.807, 2.05) is 20.8 Å². The molecule has 1 atom stereocenters. The quantitative estimate of drug-likeness (QED) is 0.652. The number of nitro groups is 1. The fraction of sp³-hybridized carbons (Fsp3) is 0.500. The molecule has 0 saturated heterocycles. The van der Waals surface area contributed by atoms with Crippen molar-refractivity contribution in [2.24, 2.45) is 5.92 Å². The van der Waals surface area contributed by atoms with Crippen LogP contribution in [0.4, 0.5) is 11.5 Å². The van der Waals surface area contributed by atoms with Gasteiger partial charge in [-0.05, 0) is 12.8 Å². The number of hydrogen-bond acceptors (Lipinski definition) is 4. The van der Waals surface area contributed by atoms with Crippen LogP contribution < -0.4 is 5.32 Å². The van der Waals surface area contributed by atoms with E-state index in [1.165, 1.54) is 12.3 Å². The maximum atomic E-state index is 10.8. The highest BCUT2D eigenvalue weighted by molar-refractivity contribution is 6.30. The Hall–Kier alpha value is -1.36. The van der Waals surface area contributed by atoms with E-state index in [4.69, 9.17) is 11.6 Å². The second-order valence-electron chi connectivity index (χ2n) is 3.96. The molecule has 0 aliphatic heterocycles. The van der Waals surface area contributed by atoms with Crippen molar-refractivity contribution < 1.29 is 4.92 Å². The minimum atomic E-state index is -0.492. The van der Waals surface area contributed by atoms with Gasteiger partial charge < -0.3 is 5.32 Å². The second kappa shape index (κ2) is 5.12. The van der Waals surface area contributed by atoms with Gasteiger partial charge in [0, 0.05) is 18.3 Å². The van der Waals surface area contributed by atoms with Crippen molar-refractivity contribution in [3.05, 3.63) is 27.4 Å². The Morgan fingerprint density at radius 3 is 2.62 bits per heavy atom. The van der Waals surface area contributed by atoms with Crippen LogP contribution in [0.5, 0.6) is 0 Å². The highest BCUT2D eigenvalue weighted by Gasteiger charge is 2.18. The lowest BCUT2D eigenvalue weighted by molar-refractivity contribution is -0.384. The molecule has 1 N–H and O–H groups in total. The molecule has 0 fully saturated rings. The molecule has 0 radical (unpaired) electrons. The second-order valence-corrected chi connectivity index (χ2v) is 4.39. The predicted molar refractivity (Wildman–Crippen MR) is 63.8 cm³/mol. The van der Waals surface area contributed by atoms with E-state index in [9.17, 15) is 10.1 Å². The molecular weight excluding hydrogens is 230 g/mol. The molecule has 0 amide bonds. The fourth-order valence-corrected chi connectivity index (χ4v) is 1.21. The molecule has 0 aliphatic carbocycles. The summed E-state index contributed by atoms with van der Waals surface area (Å²) in [5.41, 5.74) is -0.0972. The van der Waals surface area contributed by atoms with Crippen LogP contribution in [0.15, 0.2) is 12.3 Å². The third-order valence-electron chi connectivity index (χ3n) is 2.40. The van der Waals surface area contributed by atoms with Gasteiger partial charge in [0.1, 0.15) is 0 Å². The van der Waals surface area contributed by atoms with E-state index in [1.54, 1.807) is 0 Å². The SMILES string of the molecule is CC(C)C(C)Nc1ncc(Cl)cc1[N+](=O)[O-]. The Morgan fingerprint density at radius 1 is 1.50 bits per heavy atom. The molecule has 0 aliphatic rings. The van der Waals surface area contributed by atoms with Gasteiger partial charge in [-0.15, -0.1) is 0 Å². The molecule has 1 aromatic heterocycles. The molecule has 6 heteroatoms. The third kappa shape index (κ3) is 3.06. The summed E-state index contributed by atoms with van der Waals surface area (Å²) in [7, 11) is 0. The summed E-state index contributed by atoms with van der Waals surface area (Å²) < 4.78 is 0. The van der Waals surface area contributed by atoms with Crippen LogP contribution in [0.2, 0.25) is 5.02 Å². The van der Waals surface area contributed by atoms with E-state index in [0.717, 1.165) is 0 Å². The first kappa shape index (κ1) is 12.7. The first-order chi connectivity index (χ1) is 7.41. The minimum absolute atomic E-state index is 0.0972. The molecular formula is C10H14ClN3O2. The monoisotopic (exact) mass is 243 g/mol. The van der Waals surface area contributed by atoms with Gasteiger partial charge in [-0.1, -0.05) is 25.4 Å². The van der Waals surface area contributed by atoms with Gasteiger partial charge >= 0.3 is 5.69 Å². The van der Waals surface area contributed by atoms with E-state index in [-0.39, 0.29) is 22.6 Å². The average Bonchev–Trinajstić information content (AvgIpc) is 2.20. The zero-order valence-electron chi connectivity index (χ0n) is 9.40. The van der Waals surface area contributed by atoms with Crippen LogP contribution in [0.3, 0.4) is 0 Å². The topological polar surface area (TPSA) is 68.1 Å². The van der Waals surface area contributed by atoms with Crippen LogP contribution in [0.25, 0.3) is 0 Å². The number of rotatable bonds is 4. The van der Waals surface area contributed by atoms with Gasteiger partial charge in [-0.25, -0.2) is 4.98 Å². The van der Waals surface area contributed by atoms with E-state index < -0.39 is 4.92 Å². The van der Waals surface area contributed by atoms with Crippen molar-refractivity contribution in [3.8, 4) is 0 Å². The number of anilines is 1. The average molecular weight is 244 g/mol. The van der Waals surface area contributed by atoms with Crippen molar-refractivity contribution in [1.29, 1.82) is 0 Å². The van der Waals surface area contributed by atoms with Gasteiger partial charge in [0.25, 0.3) is 0 Å². The molecule has 16 heavy (non-hydrogen) atoms. The highest BCUT2D eigenvalue weighted by atomic mass is 35.5. The molecule has 1 rings (SSSR count). The Bertz CT molecular complexity index is 396. The molecule has 1 aromatic rings. The Kier molecular flexibility index (Phi) is 4.06. The number of pyridine rings is 1. The summed E-state index contributed by atoms with van der Waals surface area (Å²) in [5, 5.41) is 14.1. The largest absolute Gasteiger partial charge is 0.362 e. The van der Waals surface area contributed by atoms with Crippen LogP contribution in [0.1, 0.15) is 20.8 Å². The number of aromatic nitrogens is 1. The molecule has 1 heterocycles. The summed E-state index contributed by atoms with van der Waals surface area (Å²) in [6.07, 6.45) is 1.39. The van der Waals surface area contributed by atoms with Crippen molar-refractivity contribution in [2.75, 3.05) is 5.32 Å². The minimum Gasteiger partial charge on any atom is -0.362 e. The summed E-state index contributed by atoms with van der Waals surface area (Å²) >= 11 is 5.67. The molecule has 0 aromatic carbocycles. The first-order valence-electron chi connectivity index (χ1n) is 4.98. The third-order valence-corrected chi connectivity index (χ3v) is 2.60. The Labute approximate surface area is 99.0 Å². The van der Waals surface area contributed by atoms with Crippen molar-refractivity contribution in [2.45, 2.75) is 26.8 Å². The number of halogens is 1. The van der Waals surface area contributed by atoms with Crippen LogP contribution in [-0.2, 0) is 0 Å². The van der Waals surface area contributed by atoms with Gasteiger partial charge in [-0.2, -0.15) is 0 Å². The summed E-state index contributed by atoms with van der Waals surface area (Å²) in [6.45, 7) is 6.00. The van der Waals surface area contributed by atoms with E-state index in [0.29, 0.717) is 5.92 Å². The Balaban J connectivity index is 2.99. The molecule has 5 nitrogen and oxygen atoms in total. The van der Waals surface area contributed by atoms with E-state index in [2.05, 4.69) is 10.3 Å². The smallest absolute Gasteiger partial charge is 0.312 e. The van der Waals surface area contributed by atoms with Gasteiger partial charge in [-0.3, -0.25) is 10.1 Å². The van der Waals surface area contributed by atoms with Crippen LogP contribution in [-0.4, -0.2) is 15.9 Å². The van der Waals surface area contributed by atoms with Crippen molar-refractivity contribution in [1.82, 2.24) is 4.98 Å². The van der Waals surface area contributed by atoms with Crippen molar-refractivity contribution in [3.63, 3.8) is 0 Å². The predicted octanol–water partition coefficient (Wildman–Crippen LogP) is 3.10. The van der Waals surface area contributed by atoms with Crippen molar-refractivity contribution >= 4 is 23.1 Å². The lowest BCUT2D eigenvalue weighted by atomic mass is 10.1. The number of hydrogen-bond donors (Lipinski definition) is 1. The summed E-state index contributed by atoms with van der Waals surface area (Å²) in [6, 6.07) is 1.40. The molecule has 1 unspecified atom stereocenters. The lowest BCUT2D eigenvalue weighted by Crippen LogP contribution is -2.22. The lowest BCUT2D eigenvalue weighted by Gasteiger charge is -2.17. The first-order valence-corrected chi connectivity index (χ1v) is 5.36. The van der Waals surface area contributed by atoms with Gasteiger partial charge in [0.05, 0.1) is 9.95 Å². The normalized spacial score (nSPS) is 12.6. The zero-order chi connectivity index (χ0) is 12.3. The molecule has 0 saturated carbocycles. The number of nitrogens with zero attached hydrogens (tertiary/aromatic N) is 2. The van der Waals surface area contributed by atoms with E-state index >= 15 is 0 Å². The number of nitrogens with one attached hydrogen (secondary N) is 1. The Morgan fingerprint density at radius 2 is 2.12 bits per heavy atom. The zero-order valence-corrected chi connectivity index (χ0v) is 10.2. The standard InChI is InChI=1S/C10H14ClN3O2/c1-6(2)7(3)13-10-9(14(15)16)4-8(11)5-12-10/h4-7H,1-3H3,(H,12,13). The maximum absolute atomic E-state index is 10.8. The molecule has 88 valence electrons. The molecule has 0 bridgehead atoms. The summed E-state index contributed by atoms with van der Waals surface area (Å²) in [5.74, 6) is 0.618. The van der Waals surface area contributed by atoms with Gasteiger partial charge in [0.2, 0.25) is 5.82 Å². The van der Waals surface area contributed by atoms with Gasteiger partial charge in [0.15, 0.2) is 0 Å².